The van der Waals surface area contributed by atoms with Crippen molar-refractivity contribution < 1.29 is 0 Å². The van der Waals surface area contributed by atoms with Gasteiger partial charge in [0.1, 0.15) is 0 Å². The van der Waals surface area contributed by atoms with Crippen LogP contribution >= 0.6 is 11.8 Å². The molecule has 0 aromatic carbocycles. The van der Waals surface area contributed by atoms with Gasteiger partial charge in [0.2, 0.25) is 0 Å². The summed E-state index contributed by atoms with van der Waals surface area (Å²) in [5.41, 5.74) is 0. The minimum absolute atomic E-state index is 0.622. The Morgan fingerprint density at radius 2 is 2.05 bits per heavy atom. The standard InChI is InChI=1S/C17H30N2S/c1-4-13(5-2)16-10-18-17(20-16)19-11(3)15-9-12-6-7-14(15)8-12/h11-16H,4-10H2,1-3H3,(H,18,19). The average Bonchev–Trinajstić information content (AvgIpc) is 3.16. The average molecular weight is 295 g/mol. The third-order valence-electron chi connectivity index (χ3n) is 6.04. The third-order valence-corrected chi connectivity index (χ3v) is 7.35. The maximum Gasteiger partial charge on any atom is 0.157 e. The minimum Gasteiger partial charge on any atom is -0.362 e. The molecule has 2 fully saturated rings. The highest BCUT2D eigenvalue weighted by molar-refractivity contribution is 8.14. The number of fused-ring (bicyclic) bond motifs is 2. The van der Waals surface area contributed by atoms with Crippen molar-refractivity contribution in [3.05, 3.63) is 0 Å². The quantitative estimate of drug-likeness (QED) is 0.817. The molecule has 0 aromatic rings. The molecule has 0 amide bonds. The molecule has 0 spiro atoms. The number of aliphatic imine (C=N–C) groups is 1. The van der Waals surface area contributed by atoms with E-state index < -0.39 is 0 Å². The first-order valence-corrected chi connectivity index (χ1v) is 9.56. The fraction of sp³-hybridized carbons (Fsp3) is 0.941. The van der Waals surface area contributed by atoms with Gasteiger partial charge in [-0.15, -0.1) is 0 Å². The molecular formula is C17H30N2S. The Balaban J connectivity index is 1.49. The van der Waals surface area contributed by atoms with Gasteiger partial charge in [0.15, 0.2) is 5.17 Å². The van der Waals surface area contributed by atoms with Gasteiger partial charge < -0.3 is 5.32 Å². The van der Waals surface area contributed by atoms with E-state index in [0.29, 0.717) is 6.04 Å². The lowest BCUT2D eigenvalue weighted by atomic mass is 9.84. The smallest absolute Gasteiger partial charge is 0.157 e. The van der Waals surface area contributed by atoms with Crippen molar-refractivity contribution in [1.29, 1.82) is 0 Å². The van der Waals surface area contributed by atoms with Crippen LogP contribution in [0.2, 0.25) is 0 Å². The molecule has 5 unspecified atom stereocenters. The zero-order valence-corrected chi connectivity index (χ0v) is 14.1. The Bertz CT molecular complexity index is 364. The number of hydrogen-bond donors (Lipinski definition) is 1. The zero-order chi connectivity index (χ0) is 14.1. The van der Waals surface area contributed by atoms with Crippen molar-refractivity contribution in [1.82, 2.24) is 5.32 Å². The lowest BCUT2D eigenvalue weighted by Gasteiger charge is -2.29. The molecule has 3 rings (SSSR count). The molecule has 2 bridgehead atoms. The molecule has 20 heavy (non-hydrogen) atoms. The molecule has 0 radical (unpaired) electrons. The zero-order valence-electron chi connectivity index (χ0n) is 13.3. The Kier molecular flexibility index (Phi) is 4.64. The van der Waals surface area contributed by atoms with E-state index in [2.05, 4.69) is 26.1 Å². The molecule has 0 aromatic heterocycles. The fourth-order valence-electron chi connectivity index (χ4n) is 4.74. The summed E-state index contributed by atoms with van der Waals surface area (Å²) in [7, 11) is 0. The molecular weight excluding hydrogens is 264 g/mol. The van der Waals surface area contributed by atoms with Crippen LogP contribution in [0, 0.1) is 23.7 Å². The number of hydrogen-bond acceptors (Lipinski definition) is 3. The molecule has 1 N–H and O–H groups in total. The van der Waals surface area contributed by atoms with Gasteiger partial charge in [-0.3, -0.25) is 4.99 Å². The van der Waals surface area contributed by atoms with Crippen molar-refractivity contribution in [3.8, 4) is 0 Å². The second kappa shape index (κ2) is 6.29. The predicted octanol–water partition coefficient (Wildman–Crippen LogP) is 4.31. The molecule has 1 heterocycles. The number of nitrogens with one attached hydrogen (secondary N) is 1. The topological polar surface area (TPSA) is 24.4 Å². The van der Waals surface area contributed by atoms with Gasteiger partial charge in [0, 0.05) is 11.3 Å². The maximum absolute atomic E-state index is 4.78. The van der Waals surface area contributed by atoms with Crippen LogP contribution in [0.1, 0.15) is 59.3 Å². The molecule has 1 aliphatic heterocycles. The number of rotatable bonds is 5. The molecule has 114 valence electrons. The second-order valence-corrected chi connectivity index (χ2v) is 8.38. The van der Waals surface area contributed by atoms with Crippen molar-refractivity contribution in [2.45, 2.75) is 70.6 Å². The van der Waals surface area contributed by atoms with E-state index in [9.17, 15) is 0 Å². The lowest BCUT2D eigenvalue weighted by Crippen LogP contribution is -2.38. The Morgan fingerprint density at radius 1 is 1.25 bits per heavy atom. The highest BCUT2D eigenvalue weighted by Gasteiger charge is 2.42. The highest BCUT2D eigenvalue weighted by atomic mass is 32.2. The summed E-state index contributed by atoms with van der Waals surface area (Å²) < 4.78 is 0. The molecule has 5 atom stereocenters. The number of nitrogens with zero attached hydrogens (tertiary/aromatic N) is 1. The first-order valence-electron chi connectivity index (χ1n) is 8.68. The van der Waals surface area contributed by atoms with E-state index in [0.717, 1.165) is 35.5 Å². The first-order chi connectivity index (χ1) is 9.71. The van der Waals surface area contributed by atoms with E-state index in [-0.39, 0.29) is 0 Å². The third kappa shape index (κ3) is 2.88. The van der Waals surface area contributed by atoms with Gasteiger partial charge >= 0.3 is 0 Å². The summed E-state index contributed by atoms with van der Waals surface area (Å²) in [5, 5.41) is 5.71. The molecule has 2 aliphatic carbocycles. The van der Waals surface area contributed by atoms with Gasteiger partial charge in [-0.1, -0.05) is 44.9 Å². The highest BCUT2D eigenvalue weighted by Crippen LogP contribution is 2.49. The van der Waals surface area contributed by atoms with Crippen LogP contribution < -0.4 is 5.32 Å². The van der Waals surface area contributed by atoms with Crippen LogP contribution in [0.25, 0.3) is 0 Å². The monoisotopic (exact) mass is 294 g/mol. The lowest BCUT2D eigenvalue weighted by molar-refractivity contribution is 0.279. The Hall–Kier alpha value is -0.180. The van der Waals surface area contributed by atoms with Gasteiger partial charge in [-0.25, -0.2) is 0 Å². The van der Waals surface area contributed by atoms with Crippen molar-refractivity contribution >= 4 is 16.9 Å². The van der Waals surface area contributed by atoms with Gasteiger partial charge in [-0.2, -0.15) is 0 Å². The molecule has 3 aliphatic rings. The summed E-state index contributed by atoms with van der Waals surface area (Å²) in [6.45, 7) is 8.05. The molecule has 0 saturated heterocycles. The summed E-state index contributed by atoms with van der Waals surface area (Å²) in [5.74, 6) is 3.79. The Labute approximate surface area is 128 Å². The summed E-state index contributed by atoms with van der Waals surface area (Å²) in [4.78, 5) is 4.78. The van der Waals surface area contributed by atoms with Gasteiger partial charge in [-0.05, 0) is 49.9 Å². The molecule has 3 heteroatoms. The molecule has 2 saturated carbocycles. The predicted molar refractivity (Wildman–Crippen MR) is 89.3 cm³/mol. The largest absolute Gasteiger partial charge is 0.362 e. The van der Waals surface area contributed by atoms with E-state index >= 15 is 0 Å². The van der Waals surface area contributed by atoms with Crippen LogP contribution in [-0.2, 0) is 0 Å². The van der Waals surface area contributed by atoms with E-state index in [1.807, 2.05) is 11.8 Å². The first kappa shape index (κ1) is 14.7. The second-order valence-electron chi connectivity index (χ2n) is 7.15. The van der Waals surface area contributed by atoms with Crippen molar-refractivity contribution in [3.63, 3.8) is 0 Å². The summed E-state index contributed by atoms with van der Waals surface area (Å²) >= 11 is 2.01. The minimum atomic E-state index is 0.622. The number of amidine groups is 1. The van der Waals surface area contributed by atoms with Crippen LogP contribution in [0.15, 0.2) is 4.99 Å². The van der Waals surface area contributed by atoms with Crippen LogP contribution in [0.5, 0.6) is 0 Å². The normalized spacial score (nSPS) is 37.5. The summed E-state index contributed by atoms with van der Waals surface area (Å²) in [6.07, 6.45) is 8.54. The van der Waals surface area contributed by atoms with E-state index in [4.69, 9.17) is 4.99 Å². The van der Waals surface area contributed by atoms with Crippen molar-refractivity contribution in [2.24, 2.45) is 28.7 Å². The number of thioether (sulfide) groups is 1. The van der Waals surface area contributed by atoms with Crippen molar-refractivity contribution in [2.75, 3.05) is 6.54 Å². The van der Waals surface area contributed by atoms with E-state index in [1.165, 1.54) is 43.7 Å². The fourth-order valence-corrected chi connectivity index (χ4v) is 6.15. The SMILES string of the molecule is CCC(CC)C1CN=C(NC(C)C2CC3CCC2C3)S1. The van der Waals surface area contributed by atoms with E-state index in [1.54, 1.807) is 0 Å². The van der Waals surface area contributed by atoms with Crippen LogP contribution in [0.4, 0.5) is 0 Å². The van der Waals surface area contributed by atoms with Crippen LogP contribution in [0.3, 0.4) is 0 Å². The molecule has 2 nitrogen and oxygen atoms in total. The summed E-state index contributed by atoms with van der Waals surface area (Å²) in [6, 6.07) is 0.622. The Morgan fingerprint density at radius 3 is 2.65 bits per heavy atom. The van der Waals surface area contributed by atoms with Crippen LogP contribution in [-0.4, -0.2) is 23.0 Å². The van der Waals surface area contributed by atoms with Gasteiger partial charge in [0.25, 0.3) is 0 Å². The maximum atomic E-state index is 4.78. The van der Waals surface area contributed by atoms with Gasteiger partial charge in [0.05, 0.1) is 6.54 Å².